The Bertz CT molecular complexity index is 766. The Morgan fingerprint density at radius 1 is 1.11 bits per heavy atom. The molecule has 3 atom stereocenters. The molecule has 0 aliphatic carbocycles. The molecule has 2 rings (SSSR count). The highest BCUT2D eigenvalue weighted by atomic mass is 16.5. The molecule has 1 aliphatic rings. The first-order chi connectivity index (χ1) is 13.3. The molecule has 0 spiro atoms. The Labute approximate surface area is 163 Å². The highest BCUT2D eigenvalue weighted by molar-refractivity contribution is 5.97. The molecule has 1 heterocycles. The van der Waals surface area contributed by atoms with E-state index in [1.807, 2.05) is 0 Å². The van der Waals surface area contributed by atoms with Gasteiger partial charge in [-0.3, -0.25) is 4.79 Å². The number of ketones is 1. The van der Waals surface area contributed by atoms with Crippen LogP contribution >= 0.6 is 0 Å². The molecule has 28 heavy (non-hydrogen) atoms. The number of aryl methyl sites for hydroxylation is 1. The number of carbonyl (C=O) groups excluding carboxylic acids is 2. The molecule has 0 aromatic heterocycles. The van der Waals surface area contributed by atoms with Gasteiger partial charge in [-0.15, -0.1) is 0 Å². The van der Waals surface area contributed by atoms with Crippen molar-refractivity contribution in [3.63, 3.8) is 0 Å². The first-order valence-corrected chi connectivity index (χ1v) is 9.24. The van der Waals surface area contributed by atoms with E-state index in [2.05, 4.69) is 0 Å². The quantitative estimate of drug-likeness (QED) is 0.577. The molecule has 1 aromatic rings. The number of aliphatic hydroxyl groups excluding tert-OH is 3. The van der Waals surface area contributed by atoms with Crippen LogP contribution in [0.2, 0.25) is 0 Å². The minimum Gasteiger partial charge on any atom is -0.507 e. The number of aromatic hydroxyl groups is 1. The molecule has 4 N–H and O–H groups in total. The van der Waals surface area contributed by atoms with Crippen molar-refractivity contribution < 1.29 is 34.8 Å². The number of phenols is 1. The average Bonchev–Trinajstić information content (AvgIpc) is 2.64. The maximum atomic E-state index is 12.6. The standard InChI is InChI=1S/C21H26O7/c1-13-5-2-8-16(23)20(26)17(24)9-3-7-15-11-14(6-4-10-22)12-18(25)19(15)21(27)28-13/h2-3,7-8,11-13,17,20,22,24-26H,4-6,9-10H2,1H3/b7-3+,8-2-/t13-,17-,20+/m0/s1. The minimum absolute atomic E-state index is 0.00112. The maximum absolute atomic E-state index is 12.6. The van der Waals surface area contributed by atoms with E-state index in [-0.39, 0.29) is 30.8 Å². The number of ether oxygens (including phenoxy) is 1. The van der Waals surface area contributed by atoms with E-state index in [0.29, 0.717) is 18.4 Å². The van der Waals surface area contributed by atoms with E-state index in [0.717, 1.165) is 11.6 Å². The van der Waals surface area contributed by atoms with E-state index in [4.69, 9.17) is 9.84 Å². The van der Waals surface area contributed by atoms with Crippen molar-refractivity contribution in [2.45, 2.75) is 50.9 Å². The second-order valence-corrected chi connectivity index (χ2v) is 6.81. The van der Waals surface area contributed by atoms with Crippen molar-refractivity contribution in [3.8, 4) is 5.75 Å². The van der Waals surface area contributed by atoms with Crippen molar-refractivity contribution in [2.24, 2.45) is 0 Å². The summed E-state index contributed by atoms with van der Waals surface area (Å²) in [4.78, 5) is 24.4. The Kier molecular flexibility index (Phi) is 7.92. The third-order valence-electron chi connectivity index (χ3n) is 4.42. The zero-order valence-corrected chi connectivity index (χ0v) is 15.7. The molecule has 1 aromatic carbocycles. The SMILES string of the molecule is C[C@H]1C/C=C\C(=O)[C@@H](O)[C@@H](O)C/C=C/c2cc(CCCO)cc(O)c2C(=O)O1. The second-order valence-electron chi connectivity index (χ2n) is 6.81. The monoisotopic (exact) mass is 390 g/mol. The van der Waals surface area contributed by atoms with Gasteiger partial charge in [-0.1, -0.05) is 24.3 Å². The second kappa shape index (κ2) is 10.2. The number of aliphatic hydroxyl groups is 3. The van der Waals surface area contributed by atoms with Crippen LogP contribution in [0.3, 0.4) is 0 Å². The maximum Gasteiger partial charge on any atom is 0.342 e. The van der Waals surface area contributed by atoms with E-state index in [1.54, 1.807) is 13.0 Å². The lowest BCUT2D eigenvalue weighted by Crippen LogP contribution is -2.32. The third-order valence-corrected chi connectivity index (χ3v) is 4.42. The molecule has 0 unspecified atom stereocenters. The molecule has 7 heteroatoms. The van der Waals surface area contributed by atoms with Crippen molar-refractivity contribution in [1.82, 2.24) is 0 Å². The van der Waals surface area contributed by atoms with Crippen molar-refractivity contribution in [2.75, 3.05) is 6.61 Å². The fourth-order valence-electron chi connectivity index (χ4n) is 2.91. The van der Waals surface area contributed by atoms with Crippen molar-refractivity contribution >= 4 is 17.8 Å². The predicted octanol–water partition coefficient (Wildman–Crippen LogP) is 1.52. The molecule has 7 nitrogen and oxygen atoms in total. The van der Waals surface area contributed by atoms with Crippen LogP contribution < -0.4 is 0 Å². The summed E-state index contributed by atoms with van der Waals surface area (Å²) in [5, 5.41) is 39.3. The Balaban J connectivity index is 2.43. The van der Waals surface area contributed by atoms with E-state index >= 15 is 0 Å². The predicted molar refractivity (Wildman–Crippen MR) is 103 cm³/mol. The summed E-state index contributed by atoms with van der Waals surface area (Å²) >= 11 is 0. The number of carbonyl (C=O) groups is 2. The number of hydrogen-bond acceptors (Lipinski definition) is 7. The normalized spacial score (nSPS) is 26.1. The number of esters is 1. The first kappa shape index (κ1) is 21.8. The van der Waals surface area contributed by atoms with Crippen LogP contribution in [0.1, 0.15) is 47.7 Å². The van der Waals surface area contributed by atoms with Crippen LogP contribution in [0.25, 0.3) is 6.08 Å². The van der Waals surface area contributed by atoms with Crippen molar-refractivity contribution in [3.05, 3.63) is 47.1 Å². The lowest BCUT2D eigenvalue weighted by atomic mass is 9.98. The lowest BCUT2D eigenvalue weighted by molar-refractivity contribution is -0.127. The van der Waals surface area contributed by atoms with Gasteiger partial charge < -0.3 is 25.2 Å². The summed E-state index contributed by atoms with van der Waals surface area (Å²) in [6.45, 7) is 1.64. The summed E-state index contributed by atoms with van der Waals surface area (Å²) in [5.74, 6) is -1.55. The first-order valence-electron chi connectivity index (χ1n) is 9.24. The van der Waals surface area contributed by atoms with E-state index in [9.17, 15) is 24.9 Å². The molecular formula is C21H26O7. The largest absolute Gasteiger partial charge is 0.507 e. The van der Waals surface area contributed by atoms with E-state index < -0.39 is 30.1 Å². The topological polar surface area (TPSA) is 124 Å². The number of rotatable bonds is 3. The number of hydrogen-bond donors (Lipinski definition) is 4. The van der Waals surface area contributed by atoms with Gasteiger partial charge in [0.1, 0.15) is 23.5 Å². The summed E-state index contributed by atoms with van der Waals surface area (Å²) in [6.07, 6.45) is 3.50. The summed E-state index contributed by atoms with van der Waals surface area (Å²) < 4.78 is 5.36. The van der Waals surface area contributed by atoms with Crippen LogP contribution in [-0.2, 0) is 16.0 Å². The number of benzene rings is 1. The highest BCUT2D eigenvalue weighted by Crippen LogP contribution is 2.27. The molecule has 0 bridgehead atoms. The highest BCUT2D eigenvalue weighted by Gasteiger charge is 2.23. The molecule has 0 saturated heterocycles. The minimum atomic E-state index is -1.55. The average molecular weight is 390 g/mol. The number of phenolic OH excluding ortho intramolecular Hbond substituents is 1. The van der Waals surface area contributed by atoms with Gasteiger partial charge >= 0.3 is 5.97 Å². The lowest BCUT2D eigenvalue weighted by Gasteiger charge is -2.17. The van der Waals surface area contributed by atoms with Gasteiger partial charge in [-0.25, -0.2) is 4.79 Å². The molecule has 1 aliphatic heterocycles. The van der Waals surface area contributed by atoms with Crippen LogP contribution in [0.5, 0.6) is 5.75 Å². The molecule has 0 radical (unpaired) electrons. The molecule has 0 fully saturated rings. The van der Waals surface area contributed by atoms with Gasteiger partial charge in [0.2, 0.25) is 0 Å². The zero-order valence-electron chi connectivity index (χ0n) is 15.7. The fraction of sp³-hybridized carbons (Fsp3) is 0.429. The number of fused-ring (bicyclic) bond motifs is 1. The Hall–Kier alpha value is -2.48. The van der Waals surface area contributed by atoms with Crippen LogP contribution in [0, 0.1) is 0 Å². The van der Waals surface area contributed by atoms with Crippen molar-refractivity contribution in [1.29, 1.82) is 0 Å². The van der Waals surface area contributed by atoms with Crippen LogP contribution in [0.15, 0.2) is 30.4 Å². The molecular weight excluding hydrogens is 364 g/mol. The van der Waals surface area contributed by atoms with E-state index in [1.165, 1.54) is 24.3 Å². The number of cyclic esters (lactones) is 1. The fourth-order valence-corrected chi connectivity index (χ4v) is 2.91. The van der Waals surface area contributed by atoms with Gasteiger partial charge in [-0.05, 0) is 49.5 Å². The van der Waals surface area contributed by atoms with Gasteiger partial charge in [0.05, 0.1) is 6.10 Å². The van der Waals surface area contributed by atoms with Gasteiger partial charge in [0, 0.05) is 13.0 Å². The van der Waals surface area contributed by atoms with Gasteiger partial charge in [0.25, 0.3) is 0 Å². The summed E-state index contributed by atoms with van der Waals surface area (Å²) in [6, 6.07) is 3.17. The van der Waals surface area contributed by atoms with Gasteiger partial charge in [-0.2, -0.15) is 0 Å². The smallest absolute Gasteiger partial charge is 0.342 e. The van der Waals surface area contributed by atoms with Gasteiger partial charge in [0.15, 0.2) is 5.78 Å². The van der Waals surface area contributed by atoms with Crippen LogP contribution in [0.4, 0.5) is 0 Å². The zero-order chi connectivity index (χ0) is 20.7. The molecule has 0 saturated carbocycles. The third kappa shape index (κ3) is 5.76. The van der Waals surface area contributed by atoms with Crippen LogP contribution in [-0.4, -0.2) is 57.1 Å². The summed E-state index contributed by atoms with van der Waals surface area (Å²) in [7, 11) is 0. The summed E-state index contributed by atoms with van der Waals surface area (Å²) in [5.41, 5.74) is 1.13. The molecule has 152 valence electrons. The Morgan fingerprint density at radius 3 is 2.54 bits per heavy atom. The Morgan fingerprint density at radius 2 is 1.82 bits per heavy atom. The molecule has 0 amide bonds.